The quantitative estimate of drug-likeness (QED) is 0.370. The Bertz CT molecular complexity index is 1510. The van der Waals surface area contributed by atoms with Crippen LogP contribution in [0.3, 0.4) is 0 Å². The normalized spacial score (nSPS) is 21.9. The highest BCUT2D eigenvalue weighted by Crippen LogP contribution is 2.51. The zero-order valence-corrected chi connectivity index (χ0v) is 23.9. The Kier molecular flexibility index (Phi) is 7.25. The van der Waals surface area contributed by atoms with Gasteiger partial charge in [0.1, 0.15) is 50.5 Å². The standard InChI is InChI=1S/C27H31ClFN7O3S/c1-13(16-5-3-8-35(16)2)39-27-33-21-18(26(34-27)32-14-7-10-38-12-14)24(37)19(28)23(20(21)29)36-9-4-6-17-22(36)15(11-30)25(31)40-17/h13-14,16,37H,3-10,12,31H2,1-2H3,(H,32,33,34)/t13-,14?,16?/m0/s1. The number of aromatic nitrogens is 2. The molecule has 0 aliphatic carbocycles. The second-order valence-corrected chi connectivity index (χ2v) is 12.1. The second kappa shape index (κ2) is 10.7. The monoisotopic (exact) mass is 587 g/mol. The average molecular weight is 588 g/mol. The maximum atomic E-state index is 16.7. The van der Waals surface area contributed by atoms with E-state index >= 15 is 4.39 Å². The van der Waals surface area contributed by atoms with Gasteiger partial charge in [-0.3, -0.25) is 4.90 Å². The Morgan fingerprint density at radius 3 is 2.83 bits per heavy atom. The van der Waals surface area contributed by atoms with Gasteiger partial charge in [-0.1, -0.05) is 11.6 Å². The van der Waals surface area contributed by atoms with Gasteiger partial charge < -0.3 is 30.5 Å². The summed E-state index contributed by atoms with van der Waals surface area (Å²) in [6, 6.07) is 2.25. The molecule has 3 aromatic rings. The van der Waals surface area contributed by atoms with Crippen LogP contribution in [-0.2, 0) is 11.2 Å². The van der Waals surface area contributed by atoms with Crippen molar-refractivity contribution in [1.82, 2.24) is 14.9 Å². The summed E-state index contributed by atoms with van der Waals surface area (Å²) in [5.41, 5.74) is 6.76. The van der Waals surface area contributed by atoms with E-state index in [0.29, 0.717) is 43.3 Å². The number of fused-ring (bicyclic) bond motifs is 2. The molecule has 13 heteroatoms. The first-order chi connectivity index (χ1) is 19.3. The Balaban J connectivity index is 1.51. The lowest BCUT2D eigenvalue weighted by atomic mass is 10.0. The van der Waals surface area contributed by atoms with Gasteiger partial charge in [0.2, 0.25) is 0 Å². The smallest absolute Gasteiger partial charge is 0.319 e. The number of likely N-dealkylation sites (N-methyl/N-ethyl adjacent to an activating group) is 1. The second-order valence-electron chi connectivity index (χ2n) is 10.6. The molecule has 2 fully saturated rings. The predicted molar refractivity (Wildman–Crippen MR) is 154 cm³/mol. The summed E-state index contributed by atoms with van der Waals surface area (Å²) in [4.78, 5) is 13.8. The van der Waals surface area contributed by atoms with Crippen molar-refractivity contribution in [1.29, 1.82) is 5.26 Å². The number of nitrogens with two attached hydrogens (primary N) is 1. The molecule has 10 nitrogen and oxygen atoms in total. The highest BCUT2D eigenvalue weighted by Gasteiger charge is 2.34. The maximum absolute atomic E-state index is 16.7. The van der Waals surface area contributed by atoms with Gasteiger partial charge in [-0.05, 0) is 52.6 Å². The molecule has 0 saturated carbocycles. The number of aryl methyl sites for hydroxylation is 1. The number of thiophene rings is 1. The van der Waals surface area contributed by atoms with E-state index in [2.05, 4.69) is 33.3 Å². The molecular formula is C27H31ClFN7O3S. The van der Waals surface area contributed by atoms with Crippen LogP contribution in [0.2, 0.25) is 5.02 Å². The van der Waals surface area contributed by atoms with Crippen molar-refractivity contribution in [2.45, 2.75) is 57.2 Å². The highest BCUT2D eigenvalue weighted by molar-refractivity contribution is 7.16. The number of aromatic hydroxyl groups is 1. The topological polar surface area (TPSA) is 133 Å². The molecule has 40 heavy (non-hydrogen) atoms. The van der Waals surface area contributed by atoms with Crippen LogP contribution in [-0.4, -0.2) is 71.5 Å². The number of nitrogen functional groups attached to an aromatic ring is 1. The number of nitriles is 1. The van der Waals surface area contributed by atoms with Crippen LogP contribution in [0, 0.1) is 17.1 Å². The summed E-state index contributed by atoms with van der Waals surface area (Å²) >= 11 is 8.02. The van der Waals surface area contributed by atoms with E-state index in [4.69, 9.17) is 26.8 Å². The number of anilines is 4. The summed E-state index contributed by atoms with van der Waals surface area (Å²) in [5, 5.41) is 24.7. The van der Waals surface area contributed by atoms with Crippen molar-refractivity contribution >= 4 is 56.0 Å². The number of ether oxygens (including phenoxy) is 2. The van der Waals surface area contributed by atoms with Gasteiger partial charge >= 0.3 is 6.01 Å². The third-order valence-electron chi connectivity index (χ3n) is 8.06. The fourth-order valence-electron chi connectivity index (χ4n) is 6.05. The molecule has 1 aromatic carbocycles. The number of hydrogen-bond acceptors (Lipinski definition) is 11. The molecule has 0 spiro atoms. The van der Waals surface area contributed by atoms with Crippen LogP contribution in [0.5, 0.6) is 11.8 Å². The number of nitrogens with zero attached hydrogens (tertiary/aromatic N) is 5. The van der Waals surface area contributed by atoms with Gasteiger partial charge in [0, 0.05) is 24.1 Å². The lowest BCUT2D eigenvalue weighted by Crippen LogP contribution is -2.38. The third kappa shape index (κ3) is 4.55. The minimum atomic E-state index is -0.733. The molecular weight excluding hydrogens is 557 g/mol. The summed E-state index contributed by atoms with van der Waals surface area (Å²) in [7, 11) is 2.05. The zero-order valence-electron chi connectivity index (χ0n) is 22.3. The largest absolute Gasteiger partial charge is 0.505 e. The minimum Gasteiger partial charge on any atom is -0.505 e. The van der Waals surface area contributed by atoms with E-state index in [-0.39, 0.29) is 62.9 Å². The van der Waals surface area contributed by atoms with Crippen LogP contribution in [0.15, 0.2) is 0 Å². The summed E-state index contributed by atoms with van der Waals surface area (Å²) in [5.74, 6) is -0.856. The minimum absolute atomic E-state index is 0.00473. The number of halogens is 2. The number of likely N-dealkylation sites (tertiary alicyclic amines) is 1. The molecule has 4 N–H and O–H groups in total. The summed E-state index contributed by atoms with van der Waals surface area (Å²) < 4.78 is 28.4. The van der Waals surface area contributed by atoms with Crippen LogP contribution >= 0.6 is 22.9 Å². The zero-order chi connectivity index (χ0) is 28.1. The van der Waals surface area contributed by atoms with Crippen molar-refractivity contribution in [3.63, 3.8) is 0 Å². The van der Waals surface area contributed by atoms with Crippen LogP contribution < -0.4 is 20.7 Å². The fraction of sp³-hybridized carbons (Fsp3) is 0.519. The number of rotatable bonds is 6. The van der Waals surface area contributed by atoms with Crippen LogP contribution in [0.25, 0.3) is 10.9 Å². The average Bonchev–Trinajstić information content (AvgIpc) is 3.67. The van der Waals surface area contributed by atoms with E-state index in [1.54, 1.807) is 4.90 Å². The molecule has 2 saturated heterocycles. The van der Waals surface area contributed by atoms with Gasteiger partial charge in [0.25, 0.3) is 0 Å². The van der Waals surface area contributed by atoms with E-state index in [0.717, 1.165) is 30.7 Å². The Labute approximate surface area is 240 Å². The Morgan fingerprint density at radius 1 is 1.30 bits per heavy atom. The summed E-state index contributed by atoms with van der Waals surface area (Å²) in [6.45, 7) is 4.36. The van der Waals surface area contributed by atoms with Gasteiger partial charge in [0.15, 0.2) is 5.82 Å². The first kappa shape index (κ1) is 27.1. The SMILES string of the molecule is C[C@H](Oc1nc(NC2CCOC2)c2c(O)c(Cl)c(N3CCCc4sc(N)c(C#N)c43)c(F)c2n1)C1CCCN1C. The molecule has 3 aliphatic heterocycles. The summed E-state index contributed by atoms with van der Waals surface area (Å²) in [6.07, 6.45) is 3.95. The van der Waals surface area contributed by atoms with E-state index < -0.39 is 5.82 Å². The highest BCUT2D eigenvalue weighted by atomic mass is 35.5. The molecule has 6 rings (SSSR count). The van der Waals surface area contributed by atoms with Gasteiger partial charge in [-0.25, -0.2) is 4.39 Å². The molecule has 5 heterocycles. The number of hydrogen-bond donors (Lipinski definition) is 3. The van der Waals surface area contributed by atoms with E-state index in [9.17, 15) is 10.4 Å². The van der Waals surface area contributed by atoms with Crippen LogP contribution in [0.4, 0.5) is 26.6 Å². The molecule has 0 radical (unpaired) electrons. The van der Waals surface area contributed by atoms with Gasteiger partial charge in [0.05, 0.1) is 23.7 Å². The number of phenols is 1. The van der Waals surface area contributed by atoms with Crippen molar-refractivity contribution in [3.8, 4) is 17.8 Å². The number of phenolic OH excluding ortho intramolecular Hbond substituents is 1. The van der Waals surface area contributed by atoms with Gasteiger partial charge in [-0.15, -0.1) is 11.3 Å². The lowest BCUT2D eigenvalue weighted by molar-refractivity contribution is 0.112. The molecule has 212 valence electrons. The first-order valence-electron chi connectivity index (χ1n) is 13.5. The first-order valence-corrected chi connectivity index (χ1v) is 14.7. The van der Waals surface area contributed by atoms with Crippen molar-refractivity contribution in [2.24, 2.45) is 0 Å². The Hall–Kier alpha value is -3.11. The molecule has 3 atom stereocenters. The molecule has 3 aliphatic rings. The van der Waals surface area contributed by atoms with Crippen molar-refractivity contribution in [2.75, 3.05) is 49.3 Å². The molecule has 0 amide bonds. The third-order valence-corrected chi connectivity index (χ3v) is 9.48. The maximum Gasteiger partial charge on any atom is 0.319 e. The van der Waals surface area contributed by atoms with Crippen molar-refractivity contribution in [3.05, 3.63) is 21.3 Å². The predicted octanol–water partition coefficient (Wildman–Crippen LogP) is 4.79. The molecule has 0 bridgehead atoms. The van der Waals surface area contributed by atoms with Crippen LogP contribution in [0.1, 0.15) is 43.0 Å². The number of benzene rings is 1. The van der Waals surface area contributed by atoms with Crippen molar-refractivity contribution < 1.29 is 19.0 Å². The van der Waals surface area contributed by atoms with E-state index in [1.807, 2.05) is 6.92 Å². The molecule has 2 unspecified atom stereocenters. The lowest BCUT2D eigenvalue weighted by Gasteiger charge is -2.31. The van der Waals surface area contributed by atoms with E-state index in [1.165, 1.54) is 11.3 Å². The fourth-order valence-corrected chi connectivity index (χ4v) is 7.39. The number of nitrogens with one attached hydrogen (secondary N) is 1. The Morgan fingerprint density at radius 2 is 2.12 bits per heavy atom. The van der Waals surface area contributed by atoms with Gasteiger partial charge in [-0.2, -0.15) is 15.2 Å². The molecule has 2 aromatic heterocycles.